The number of benzene rings is 1. The second kappa shape index (κ2) is 8.75. The molecular formula is C14H22N2OS. The lowest BCUT2D eigenvalue weighted by molar-refractivity contribution is 0.317. The molecule has 0 heterocycles. The predicted molar refractivity (Wildman–Crippen MR) is 81.4 cm³/mol. The molecule has 0 aliphatic heterocycles. The highest BCUT2D eigenvalue weighted by Crippen LogP contribution is 2.15. The smallest absolute Gasteiger partial charge is 0.170 e. The van der Waals surface area contributed by atoms with Crippen molar-refractivity contribution in [1.82, 2.24) is 5.32 Å². The van der Waals surface area contributed by atoms with Crippen LogP contribution in [0, 0.1) is 0 Å². The average molecular weight is 266 g/mol. The van der Waals surface area contributed by atoms with Gasteiger partial charge < -0.3 is 15.4 Å². The zero-order valence-corrected chi connectivity index (χ0v) is 12.0. The third-order valence-corrected chi connectivity index (χ3v) is 2.65. The maximum absolute atomic E-state index is 5.52. The Hall–Kier alpha value is -1.29. The minimum atomic E-state index is 0.672. The van der Waals surface area contributed by atoms with Crippen LogP contribution in [0.15, 0.2) is 24.3 Å². The first-order chi connectivity index (χ1) is 8.76. The van der Waals surface area contributed by atoms with Crippen LogP contribution in [-0.2, 0) is 0 Å². The minimum Gasteiger partial charge on any atom is -0.494 e. The zero-order valence-electron chi connectivity index (χ0n) is 11.2. The average Bonchev–Trinajstić information content (AvgIpc) is 2.38. The molecule has 2 N–H and O–H groups in total. The number of unbranched alkanes of at least 4 members (excludes halogenated alkanes) is 1. The summed E-state index contributed by atoms with van der Waals surface area (Å²) in [5.41, 5.74) is 0.979. The molecule has 3 nitrogen and oxygen atoms in total. The summed E-state index contributed by atoms with van der Waals surface area (Å²) in [6.07, 6.45) is 3.32. The van der Waals surface area contributed by atoms with E-state index in [2.05, 4.69) is 24.5 Å². The fourth-order valence-corrected chi connectivity index (χ4v) is 1.63. The minimum absolute atomic E-state index is 0.672. The van der Waals surface area contributed by atoms with Gasteiger partial charge >= 0.3 is 0 Å². The van der Waals surface area contributed by atoms with E-state index in [1.807, 2.05) is 24.3 Å². The van der Waals surface area contributed by atoms with E-state index in [-0.39, 0.29) is 0 Å². The molecule has 0 saturated heterocycles. The first kappa shape index (κ1) is 14.8. The summed E-state index contributed by atoms with van der Waals surface area (Å²) in [5.74, 6) is 0.896. The van der Waals surface area contributed by atoms with E-state index < -0.39 is 0 Å². The van der Waals surface area contributed by atoms with Crippen molar-refractivity contribution in [3.8, 4) is 5.75 Å². The molecule has 0 radical (unpaired) electrons. The zero-order chi connectivity index (χ0) is 13.2. The fraction of sp³-hybridized carbons (Fsp3) is 0.500. The Morgan fingerprint density at radius 1 is 1.17 bits per heavy atom. The maximum Gasteiger partial charge on any atom is 0.170 e. The monoisotopic (exact) mass is 266 g/mol. The van der Waals surface area contributed by atoms with Crippen molar-refractivity contribution in [2.75, 3.05) is 18.5 Å². The van der Waals surface area contributed by atoms with Crippen molar-refractivity contribution in [3.63, 3.8) is 0 Å². The Kier molecular flexibility index (Phi) is 7.18. The van der Waals surface area contributed by atoms with Crippen molar-refractivity contribution < 1.29 is 4.74 Å². The van der Waals surface area contributed by atoms with Crippen molar-refractivity contribution in [2.45, 2.75) is 33.1 Å². The number of hydrogen-bond acceptors (Lipinski definition) is 2. The summed E-state index contributed by atoms with van der Waals surface area (Å²) in [6, 6.07) is 7.84. The van der Waals surface area contributed by atoms with Crippen molar-refractivity contribution in [3.05, 3.63) is 24.3 Å². The molecule has 0 fully saturated rings. The van der Waals surface area contributed by atoms with Crippen molar-refractivity contribution >= 4 is 23.0 Å². The van der Waals surface area contributed by atoms with Gasteiger partial charge in [0.25, 0.3) is 0 Å². The van der Waals surface area contributed by atoms with Crippen LogP contribution in [0.2, 0.25) is 0 Å². The molecule has 0 amide bonds. The number of nitrogens with one attached hydrogen (secondary N) is 2. The van der Waals surface area contributed by atoms with Crippen LogP contribution in [-0.4, -0.2) is 18.3 Å². The number of anilines is 1. The SMILES string of the molecule is CCCCNC(=S)Nc1ccc(OCCC)cc1. The molecular weight excluding hydrogens is 244 g/mol. The Labute approximate surface area is 115 Å². The molecule has 0 atom stereocenters. The standard InChI is InChI=1S/C14H22N2OS/c1-3-5-10-15-14(18)16-12-6-8-13(9-7-12)17-11-4-2/h6-9H,3-5,10-11H2,1-2H3,(H2,15,16,18). The maximum atomic E-state index is 5.52. The van der Waals surface area contributed by atoms with E-state index in [0.717, 1.165) is 37.4 Å². The molecule has 0 unspecified atom stereocenters. The van der Waals surface area contributed by atoms with Crippen LogP contribution in [0.1, 0.15) is 33.1 Å². The van der Waals surface area contributed by atoms with Gasteiger partial charge in [0, 0.05) is 12.2 Å². The summed E-state index contributed by atoms with van der Waals surface area (Å²) in [5, 5.41) is 6.99. The normalized spacial score (nSPS) is 9.89. The second-order valence-corrected chi connectivity index (χ2v) is 4.52. The molecule has 0 aliphatic carbocycles. The van der Waals surface area contributed by atoms with Gasteiger partial charge in [-0.3, -0.25) is 0 Å². The molecule has 0 saturated carbocycles. The number of ether oxygens (including phenoxy) is 1. The predicted octanol–water partition coefficient (Wildman–Crippen LogP) is 3.56. The molecule has 1 rings (SSSR count). The molecule has 0 aromatic heterocycles. The van der Waals surface area contributed by atoms with Crippen LogP contribution >= 0.6 is 12.2 Å². The quantitative estimate of drug-likeness (QED) is 0.584. The summed E-state index contributed by atoms with van der Waals surface area (Å²) in [4.78, 5) is 0. The number of hydrogen-bond donors (Lipinski definition) is 2. The van der Waals surface area contributed by atoms with Gasteiger partial charge in [-0.15, -0.1) is 0 Å². The van der Waals surface area contributed by atoms with E-state index in [0.29, 0.717) is 5.11 Å². The lowest BCUT2D eigenvalue weighted by atomic mass is 10.3. The highest BCUT2D eigenvalue weighted by molar-refractivity contribution is 7.80. The van der Waals surface area contributed by atoms with E-state index in [4.69, 9.17) is 17.0 Å². The molecule has 0 aliphatic rings. The van der Waals surface area contributed by atoms with Gasteiger partial charge in [0.1, 0.15) is 5.75 Å². The Morgan fingerprint density at radius 2 is 1.89 bits per heavy atom. The summed E-state index contributed by atoms with van der Waals surface area (Å²) in [7, 11) is 0. The van der Waals surface area contributed by atoms with Crippen LogP contribution < -0.4 is 15.4 Å². The Morgan fingerprint density at radius 3 is 2.50 bits per heavy atom. The van der Waals surface area contributed by atoms with E-state index in [1.165, 1.54) is 6.42 Å². The Balaban J connectivity index is 2.35. The van der Waals surface area contributed by atoms with Gasteiger partial charge in [-0.1, -0.05) is 20.3 Å². The largest absolute Gasteiger partial charge is 0.494 e. The third-order valence-electron chi connectivity index (χ3n) is 2.40. The fourth-order valence-electron chi connectivity index (χ4n) is 1.41. The molecule has 4 heteroatoms. The van der Waals surface area contributed by atoms with Gasteiger partial charge in [-0.2, -0.15) is 0 Å². The van der Waals surface area contributed by atoms with Gasteiger partial charge in [0.15, 0.2) is 5.11 Å². The van der Waals surface area contributed by atoms with Crippen molar-refractivity contribution in [1.29, 1.82) is 0 Å². The highest BCUT2D eigenvalue weighted by atomic mass is 32.1. The Bertz CT molecular complexity index is 351. The second-order valence-electron chi connectivity index (χ2n) is 4.11. The van der Waals surface area contributed by atoms with Crippen LogP contribution in [0.3, 0.4) is 0 Å². The van der Waals surface area contributed by atoms with Gasteiger partial charge in [-0.05, 0) is 49.3 Å². The molecule has 1 aromatic carbocycles. The number of rotatable bonds is 7. The summed E-state index contributed by atoms with van der Waals surface area (Å²) in [6.45, 7) is 5.92. The van der Waals surface area contributed by atoms with E-state index >= 15 is 0 Å². The van der Waals surface area contributed by atoms with Gasteiger partial charge in [0.05, 0.1) is 6.61 Å². The first-order valence-electron chi connectivity index (χ1n) is 6.54. The molecule has 18 heavy (non-hydrogen) atoms. The van der Waals surface area contributed by atoms with E-state index in [1.54, 1.807) is 0 Å². The van der Waals surface area contributed by atoms with Crippen LogP contribution in [0.25, 0.3) is 0 Å². The van der Waals surface area contributed by atoms with Gasteiger partial charge in [0.2, 0.25) is 0 Å². The molecule has 100 valence electrons. The summed E-state index contributed by atoms with van der Waals surface area (Å²) >= 11 is 5.20. The molecule has 0 spiro atoms. The molecule has 0 bridgehead atoms. The molecule has 1 aromatic rings. The summed E-state index contributed by atoms with van der Waals surface area (Å²) < 4.78 is 5.52. The first-order valence-corrected chi connectivity index (χ1v) is 6.94. The van der Waals surface area contributed by atoms with Gasteiger partial charge in [-0.25, -0.2) is 0 Å². The van der Waals surface area contributed by atoms with Crippen molar-refractivity contribution in [2.24, 2.45) is 0 Å². The highest BCUT2D eigenvalue weighted by Gasteiger charge is 1.98. The lowest BCUT2D eigenvalue weighted by Crippen LogP contribution is -2.29. The topological polar surface area (TPSA) is 33.3 Å². The van der Waals surface area contributed by atoms with Crippen LogP contribution in [0.5, 0.6) is 5.75 Å². The van der Waals surface area contributed by atoms with Crippen LogP contribution in [0.4, 0.5) is 5.69 Å². The third kappa shape index (κ3) is 5.87. The van der Waals surface area contributed by atoms with E-state index in [9.17, 15) is 0 Å². The number of thiocarbonyl (C=S) groups is 1. The lowest BCUT2D eigenvalue weighted by Gasteiger charge is -2.11.